The molecule has 146 valence electrons. The lowest BCUT2D eigenvalue weighted by Crippen LogP contribution is -2.28. The number of carbonyl (C=O) groups excluding carboxylic acids is 1. The summed E-state index contributed by atoms with van der Waals surface area (Å²) in [6.07, 6.45) is 4.98. The fourth-order valence-corrected chi connectivity index (χ4v) is 3.96. The monoisotopic (exact) mass is 415 g/mol. The first-order valence-electron chi connectivity index (χ1n) is 8.84. The van der Waals surface area contributed by atoms with Crippen molar-refractivity contribution in [3.8, 4) is 16.3 Å². The molecule has 0 radical (unpaired) electrons. The Kier molecular flexibility index (Phi) is 6.43. The van der Waals surface area contributed by atoms with Crippen LogP contribution in [0.2, 0.25) is 0 Å². The van der Waals surface area contributed by atoms with Crippen LogP contribution in [-0.2, 0) is 14.6 Å². The molecule has 28 heavy (non-hydrogen) atoms. The third-order valence-corrected chi connectivity index (χ3v) is 6.67. The molecule has 6 nitrogen and oxygen atoms in total. The summed E-state index contributed by atoms with van der Waals surface area (Å²) in [7, 11) is -3.10. The lowest BCUT2D eigenvalue weighted by molar-refractivity contribution is -0.116. The second-order valence-electron chi connectivity index (χ2n) is 6.05. The van der Waals surface area contributed by atoms with E-state index < -0.39 is 9.84 Å². The first-order chi connectivity index (χ1) is 13.5. The largest absolute Gasteiger partial charge is 0.352 e. The van der Waals surface area contributed by atoms with Crippen molar-refractivity contribution in [2.75, 3.05) is 18.1 Å². The molecule has 0 atom stereocenters. The number of thiophene rings is 1. The average molecular weight is 416 g/mol. The molecule has 2 aromatic heterocycles. The topological polar surface area (TPSA) is 81.1 Å². The third kappa shape index (κ3) is 5.17. The van der Waals surface area contributed by atoms with Crippen LogP contribution in [-0.4, -0.2) is 42.2 Å². The van der Waals surface area contributed by atoms with Gasteiger partial charge in [-0.1, -0.05) is 31.2 Å². The number of amides is 1. The van der Waals surface area contributed by atoms with E-state index in [4.69, 9.17) is 0 Å². The molecule has 0 bridgehead atoms. The molecule has 2 heterocycles. The molecule has 3 aromatic rings. The van der Waals surface area contributed by atoms with Crippen LogP contribution in [0.4, 0.5) is 0 Å². The summed E-state index contributed by atoms with van der Waals surface area (Å²) in [4.78, 5) is 13.1. The lowest BCUT2D eigenvalue weighted by atomic mass is 10.2. The van der Waals surface area contributed by atoms with Gasteiger partial charge in [-0.2, -0.15) is 5.10 Å². The van der Waals surface area contributed by atoms with Crippen LogP contribution in [0.3, 0.4) is 0 Å². The molecule has 0 fully saturated rings. The maximum absolute atomic E-state index is 12.0. The molecule has 1 N–H and O–H groups in total. The zero-order valence-electron chi connectivity index (χ0n) is 15.4. The van der Waals surface area contributed by atoms with Crippen LogP contribution >= 0.6 is 11.3 Å². The fraction of sp³-hybridized carbons (Fsp3) is 0.200. The van der Waals surface area contributed by atoms with E-state index in [1.807, 2.05) is 54.0 Å². The van der Waals surface area contributed by atoms with Crippen molar-refractivity contribution < 1.29 is 13.2 Å². The Balaban J connectivity index is 1.78. The van der Waals surface area contributed by atoms with E-state index in [0.29, 0.717) is 0 Å². The number of carbonyl (C=O) groups is 1. The van der Waals surface area contributed by atoms with E-state index in [0.717, 1.165) is 21.8 Å². The van der Waals surface area contributed by atoms with Crippen molar-refractivity contribution in [3.05, 3.63) is 65.7 Å². The maximum Gasteiger partial charge on any atom is 0.244 e. The predicted molar refractivity (Wildman–Crippen MR) is 113 cm³/mol. The van der Waals surface area contributed by atoms with Gasteiger partial charge in [0.15, 0.2) is 9.84 Å². The molecule has 0 aliphatic carbocycles. The maximum atomic E-state index is 12.0. The summed E-state index contributed by atoms with van der Waals surface area (Å²) >= 11 is 1.58. The van der Waals surface area contributed by atoms with Gasteiger partial charge in [0, 0.05) is 30.1 Å². The van der Waals surface area contributed by atoms with Gasteiger partial charge in [-0.25, -0.2) is 13.1 Å². The standard InChI is InChI=1S/C20H21N3O3S2/c1-2-28(25,26)14-12-21-19(24)11-10-16-15-23(17-7-4-3-5-8-17)22-20(16)18-9-6-13-27-18/h3-11,13,15H,2,12,14H2,1H3,(H,21,24)/b11-10+. The molecule has 0 spiro atoms. The zero-order chi connectivity index (χ0) is 20.0. The minimum Gasteiger partial charge on any atom is -0.352 e. The van der Waals surface area contributed by atoms with Gasteiger partial charge in [-0.3, -0.25) is 4.79 Å². The lowest BCUT2D eigenvalue weighted by Gasteiger charge is -2.02. The van der Waals surface area contributed by atoms with Gasteiger partial charge in [0.2, 0.25) is 5.91 Å². The Morgan fingerprint density at radius 3 is 2.68 bits per heavy atom. The highest BCUT2D eigenvalue weighted by Crippen LogP contribution is 2.28. The molecule has 0 aliphatic rings. The van der Waals surface area contributed by atoms with E-state index >= 15 is 0 Å². The summed E-state index contributed by atoms with van der Waals surface area (Å²) < 4.78 is 24.8. The first kappa shape index (κ1) is 20.0. The number of para-hydroxylation sites is 1. The summed E-state index contributed by atoms with van der Waals surface area (Å²) in [5.74, 6) is -0.326. The second-order valence-corrected chi connectivity index (χ2v) is 9.47. The van der Waals surface area contributed by atoms with Crippen LogP contribution in [0.1, 0.15) is 12.5 Å². The average Bonchev–Trinajstić information content (AvgIpc) is 3.36. The minimum absolute atomic E-state index is 0.0601. The Labute approximate surface area is 168 Å². The van der Waals surface area contributed by atoms with E-state index in [1.54, 1.807) is 29.0 Å². The van der Waals surface area contributed by atoms with E-state index in [2.05, 4.69) is 10.4 Å². The van der Waals surface area contributed by atoms with Crippen LogP contribution < -0.4 is 5.32 Å². The SMILES string of the molecule is CCS(=O)(=O)CCNC(=O)/C=C/c1cn(-c2ccccc2)nc1-c1cccs1. The Morgan fingerprint density at radius 1 is 1.21 bits per heavy atom. The Morgan fingerprint density at radius 2 is 2.00 bits per heavy atom. The molecule has 8 heteroatoms. The number of hydrogen-bond donors (Lipinski definition) is 1. The van der Waals surface area contributed by atoms with Crippen molar-refractivity contribution >= 4 is 33.2 Å². The Hall–Kier alpha value is -2.71. The van der Waals surface area contributed by atoms with Crippen molar-refractivity contribution in [1.29, 1.82) is 0 Å². The second kappa shape index (κ2) is 8.99. The van der Waals surface area contributed by atoms with Crippen LogP contribution in [0.5, 0.6) is 0 Å². The van der Waals surface area contributed by atoms with Gasteiger partial charge < -0.3 is 5.32 Å². The summed E-state index contributed by atoms with van der Waals surface area (Å²) in [6, 6.07) is 13.7. The predicted octanol–water partition coefficient (Wildman–Crippen LogP) is 3.16. The quantitative estimate of drug-likeness (QED) is 0.573. The molecule has 0 aliphatic heterocycles. The summed E-state index contributed by atoms with van der Waals surface area (Å²) in [6.45, 7) is 1.69. The number of nitrogens with one attached hydrogen (secondary N) is 1. The molecule has 1 amide bonds. The molecule has 3 rings (SSSR count). The molecular weight excluding hydrogens is 394 g/mol. The normalized spacial score (nSPS) is 11.8. The fourth-order valence-electron chi connectivity index (χ4n) is 2.53. The first-order valence-corrected chi connectivity index (χ1v) is 11.5. The van der Waals surface area contributed by atoms with Gasteiger partial charge in [-0.15, -0.1) is 11.3 Å². The van der Waals surface area contributed by atoms with E-state index in [-0.39, 0.29) is 24.0 Å². The van der Waals surface area contributed by atoms with E-state index in [1.165, 1.54) is 6.08 Å². The summed E-state index contributed by atoms with van der Waals surface area (Å²) in [5.41, 5.74) is 2.52. The molecule has 0 unspecified atom stereocenters. The highest BCUT2D eigenvalue weighted by atomic mass is 32.2. The minimum atomic E-state index is -3.10. The molecule has 0 saturated carbocycles. The molecular formula is C20H21N3O3S2. The smallest absolute Gasteiger partial charge is 0.244 e. The van der Waals surface area contributed by atoms with Crippen LogP contribution in [0.25, 0.3) is 22.3 Å². The number of nitrogens with zero attached hydrogens (tertiary/aromatic N) is 2. The van der Waals surface area contributed by atoms with Gasteiger partial charge in [0.25, 0.3) is 0 Å². The number of hydrogen-bond acceptors (Lipinski definition) is 5. The van der Waals surface area contributed by atoms with Crippen molar-refractivity contribution in [3.63, 3.8) is 0 Å². The number of aromatic nitrogens is 2. The van der Waals surface area contributed by atoms with Crippen LogP contribution in [0.15, 0.2) is 60.1 Å². The van der Waals surface area contributed by atoms with Gasteiger partial charge in [0.1, 0.15) is 5.69 Å². The van der Waals surface area contributed by atoms with Gasteiger partial charge in [0.05, 0.1) is 16.3 Å². The highest BCUT2D eigenvalue weighted by molar-refractivity contribution is 7.91. The molecule has 1 aromatic carbocycles. The zero-order valence-corrected chi connectivity index (χ0v) is 17.0. The summed E-state index contributed by atoms with van der Waals surface area (Å²) in [5, 5.41) is 9.26. The van der Waals surface area contributed by atoms with Crippen molar-refractivity contribution in [2.24, 2.45) is 0 Å². The molecule has 0 saturated heterocycles. The van der Waals surface area contributed by atoms with Crippen LogP contribution in [0, 0.1) is 0 Å². The number of sulfone groups is 1. The highest BCUT2D eigenvalue weighted by Gasteiger charge is 2.12. The van der Waals surface area contributed by atoms with Gasteiger partial charge in [-0.05, 0) is 29.7 Å². The number of benzene rings is 1. The number of rotatable bonds is 8. The van der Waals surface area contributed by atoms with Crippen molar-refractivity contribution in [2.45, 2.75) is 6.92 Å². The third-order valence-electron chi connectivity index (χ3n) is 4.08. The van der Waals surface area contributed by atoms with E-state index in [9.17, 15) is 13.2 Å². The van der Waals surface area contributed by atoms with Gasteiger partial charge >= 0.3 is 0 Å². The van der Waals surface area contributed by atoms with Crippen molar-refractivity contribution in [1.82, 2.24) is 15.1 Å². The Bertz CT molecular complexity index is 1050.